The fourth-order valence-electron chi connectivity index (χ4n) is 4.70. The number of carbonyl (C=O) groups is 2. The fourth-order valence-corrected chi connectivity index (χ4v) is 4.70. The van der Waals surface area contributed by atoms with Crippen molar-refractivity contribution in [1.82, 2.24) is 0 Å². The van der Waals surface area contributed by atoms with Crippen molar-refractivity contribution in [2.45, 2.75) is 117 Å². The van der Waals surface area contributed by atoms with E-state index in [1.165, 1.54) is 44.9 Å². The molecule has 1 aliphatic carbocycles. The maximum atomic E-state index is 12.6. The van der Waals surface area contributed by atoms with E-state index in [-0.39, 0.29) is 18.0 Å². The number of esters is 2. The van der Waals surface area contributed by atoms with Gasteiger partial charge in [-0.2, -0.15) is 0 Å². The summed E-state index contributed by atoms with van der Waals surface area (Å²) in [7, 11) is 0. The summed E-state index contributed by atoms with van der Waals surface area (Å²) in [6.07, 6.45) is 15.0. The Bertz CT molecular complexity index is 711. The standard InChI is InChI=1S/C29H46O4/c1-5-6-7-8-9-10-11-12-13-21-32-27(30)23-15-14-16-24(22-23)28(31)33-26-19-17-25(18-20-26)29(2,3)4/h14-16,22,25-26H,5-13,17-21H2,1-4H3. The van der Waals surface area contributed by atoms with Crippen molar-refractivity contribution >= 4 is 11.9 Å². The van der Waals surface area contributed by atoms with Crippen LogP contribution in [0.3, 0.4) is 0 Å². The van der Waals surface area contributed by atoms with Crippen LogP contribution in [-0.2, 0) is 9.47 Å². The second-order valence-corrected chi connectivity index (χ2v) is 10.8. The number of benzene rings is 1. The smallest absolute Gasteiger partial charge is 0.338 e. The van der Waals surface area contributed by atoms with Gasteiger partial charge in [0.2, 0.25) is 0 Å². The van der Waals surface area contributed by atoms with Crippen molar-refractivity contribution < 1.29 is 19.1 Å². The summed E-state index contributed by atoms with van der Waals surface area (Å²) >= 11 is 0. The molecule has 0 heterocycles. The number of carbonyl (C=O) groups excluding carboxylic acids is 2. The van der Waals surface area contributed by atoms with Crippen LogP contribution in [0.1, 0.15) is 132 Å². The number of unbranched alkanes of at least 4 members (excludes halogenated alkanes) is 8. The van der Waals surface area contributed by atoms with Crippen molar-refractivity contribution in [2.75, 3.05) is 6.61 Å². The highest BCUT2D eigenvalue weighted by Gasteiger charge is 2.31. The van der Waals surface area contributed by atoms with E-state index in [4.69, 9.17) is 9.47 Å². The van der Waals surface area contributed by atoms with Crippen LogP contribution in [0.5, 0.6) is 0 Å². The maximum absolute atomic E-state index is 12.6. The van der Waals surface area contributed by atoms with Gasteiger partial charge in [-0.3, -0.25) is 0 Å². The zero-order chi connectivity index (χ0) is 24.1. The SMILES string of the molecule is CCCCCCCCCCCOC(=O)c1cccc(C(=O)OC2CCC(C(C)(C)C)CC2)c1. The van der Waals surface area contributed by atoms with E-state index in [2.05, 4.69) is 27.7 Å². The Morgan fingerprint density at radius 3 is 1.94 bits per heavy atom. The molecule has 4 heteroatoms. The van der Waals surface area contributed by atoms with Gasteiger partial charge in [0.05, 0.1) is 17.7 Å². The molecule has 1 aromatic rings. The largest absolute Gasteiger partial charge is 0.462 e. The first-order chi connectivity index (χ1) is 15.8. The third-order valence-corrected chi connectivity index (χ3v) is 6.99. The van der Waals surface area contributed by atoms with Crippen LogP contribution >= 0.6 is 0 Å². The number of rotatable bonds is 13. The van der Waals surface area contributed by atoms with Crippen LogP contribution in [0, 0.1) is 11.3 Å². The van der Waals surface area contributed by atoms with Gasteiger partial charge in [-0.1, -0.05) is 85.1 Å². The van der Waals surface area contributed by atoms with Crippen molar-refractivity contribution in [3.05, 3.63) is 35.4 Å². The first-order valence-electron chi connectivity index (χ1n) is 13.3. The average Bonchev–Trinajstić information content (AvgIpc) is 2.80. The summed E-state index contributed by atoms with van der Waals surface area (Å²) in [6.45, 7) is 9.52. The molecule has 0 N–H and O–H groups in total. The Kier molecular flexibility index (Phi) is 12.0. The zero-order valence-electron chi connectivity index (χ0n) is 21.5. The van der Waals surface area contributed by atoms with Gasteiger partial charge in [-0.25, -0.2) is 9.59 Å². The van der Waals surface area contributed by atoms with Crippen LogP contribution < -0.4 is 0 Å². The second-order valence-electron chi connectivity index (χ2n) is 10.8. The van der Waals surface area contributed by atoms with Gasteiger partial charge in [0.25, 0.3) is 0 Å². The third kappa shape index (κ3) is 10.3. The van der Waals surface area contributed by atoms with Crippen LogP contribution in [0.15, 0.2) is 24.3 Å². The molecule has 186 valence electrons. The minimum absolute atomic E-state index is 0.0293. The van der Waals surface area contributed by atoms with E-state index in [9.17, 15) is 9.59 Å². The summed E-state index contributed by atoms with van der Waals surface area (Å²) in [5.74, 6) is -0.0333. The van der Waals surface area contributed by atoms with Gasteiger partial charge in [0.1, 0.15) is 6.10 Å². The van der Waals surface area contributed by atoms with E-state index >= 15 is 0 Å². The average molecular weight is 459 g/mol. The van der Waals surface area contributed by atoms with Crippen LogP contribution in [-0.4, -0.2) is 24.6 Å². The summed E-state index contributed by atoms with van der Waals surface area (Å²) in [5, 5.41) is 0. The minimum Gasteiger partial charge on any atom is -0.462 e. The van der Waals surface area contributed by atoms with E-state index in [0.717, 1.165) is 38.5 Å². The molecule has 1 aliphatic rings. The Morgan fingerprint density at radius 2 is 1.36 bits per heavy atom. The molecule has 0 spiro atoms. The molecule has 0 unspecified atom stereocenters. The van der Waals surface area contributed by atoms with E-state index in [1.807, 2.05) is 0 Å². The van der Waals surface area contributed by atoms with Gasteiger partial charge < -0.3 is 9.47 Å². The second kappa shape index (κ2) is 14.4. The minimum atomic E-state index is -0.366. The molecule has 0 saturated heterocycles. The van der Waals surface area contributed by atoms with E-state index in [1.54, 1.807) is 24.3 Å². The molecular weight excluding hydrogens is 412 g/mol. The van der Waals surface area contributed by atoms with Gasteiger partial charge >= 0.3 is 11.9 Å². The Labute approximate surface area is 201 Å². The maximum Gasteiger partial charge on any atom is 0.338 e. The van der Waals surface area contributed by atoms with Crippen LogP contribution in [0.4, 0.5) is 0 Å². The Balaban J connectivity index is 1.67. The van der Waals surface area contributed by atoms with Crippen molar-refractivity contribution in [2.24, 2.45) is 11.3 Å². The topological polar surface area (TPSA) is 52.6 Å². The molecule has 0 aromatic heterocycles. The van der Waals surface area contributed by atoms with Gasteiger partial charge in [0, 0.05) is 0 Å². The molecule has 1 aromatic carbocycles. The first-order valence-corrected chi connectivity index (χ1v) is 13.3. The monoisotopic (exact) mass is 458 g/mol. The molecule has 4 nitrogen and oxygen atoms in total. The van der Waals surface area contributed by atoms with Crippen LogP contribution in [0.25, 0.3) is 0 Å². The van der Waals surface area contributed by atoms with Crippen molar-refractivity contribution in [3.8, 4) is 0 Å². The van der Waals surface area contributed by atoms with E-state index in [0.29, 0.717) is 29.1 Å². The molecule has 2 rings (SSSR count). The lowest BCUT2D eigenvalue weighted by Crippen LogP contribution is -2.30. The Morgan fingerprint density at radius 1 is 0.818 bits per heavy atom. The summed E-state index contributed by atoms with van der Waals surface area (Å²) in [4.78, 5) is 25.0. The lowest BCUT2D eigenvalue weighted by Gasteiger charge is -2.36. The molecular formula is C29H46O4. The molecule has 0 aliphatic heterocycles. The summed E-state index contributed by atoms with van der Waals surface area (Å²) in [5.41, 5.74) is 1.14. The third-order valence-electron chi connectivity index (χ3n) is 6.99. The molecule has 1 fully saturated rings. The lowest BCUT2D eigenvalue weighted by atomic mass is 9.72. The summed E-state index contributed by atoms with van der Waals surface area (Å²) in [6, 6.07) is 6.73. The summed E-state index contributed by atoms with van der Waals surface area (Å²) < 4.78 is 11.2. The highest BCUT2D eigenvalue weighted by molar-refractivity contribution is 5.95. The highest BCUT2D eigenvalue weighted by atomic mass is 16.5. The molecule has 0 radical (unpaired) electrons. The lowest BCUT2D eigenvalue weighted by molar-refractivity contribution is 0.00929. The Hall–Kier alpha value is -1.84. The molecule has 1 saturated carbocycles. The molecule has 0 amide bonds. The van der Waals surface area contributed by atoms with Gasteiger partial charge in [-0.15, -0.1) is 0 Å². The van der Waals surface area contributed by atoms with Crippen molar-refractivity contribution in [3.63, 3.8) is 0 Å². The fraction of sp³-hybridized carbons (Fsp3) is 0.724. The number of hydrogen-bond donors (Lipinski definition) is 0. The predicted octanol–water partition coefficient (Wildman–Crippen LogP) is 8.14. The highest BCUT2D eigenvalue weighted by Crippen LogP contribution is 2.38. The van der Waals surface area contributed by atoms with Gasteiger partial charge in [0.15, 0.2) is 0 Å². The predicted molar refractivity (Wildman–Crippen MR) is 135 cm³/mol. The molecule has 0 bridgehead atoms. The van der Waals surface area contributed by atoms with Gasteiger partial charge in [-0.05, 0) is 61.6 Å². The number of ether oxygens (including phenoxy) is 2. The zero-order valence-corrected chi connectivity index (χ0v) is 21.5. The first kappa shape index (κ1) is 27.4. The van der Waals surface area contributed by atoms with Crippen molar-refractivity contribution in [1.29, 1.82) is 0 Å². The van der Waals surface area contributed by atoms with Crippen LogP contribution in [0.2, 0.25) is 0 Å². The normalized spacial score (nSPS) is 18.7. The molecule has 33 heavy (non-hydrogen) atoms. The quantitative estimate of drug-likeness (QED) is 0.221. The number of hydrogen-bond acceptors (Lipinski definition) is 4. The van der Waals surface area contributed by atoms with E-state index < -0.39 is 0 Å². The molecule has 0 atom stereocenters.